The zero-order valence-corrected chi connectivity index (χ0v) is 11.6. The number of nitrogens with zero attached hydrogens (tertiary/aromatic N) is 1. The summed E-state index contributed by atoms with van der Waals surface area (Å²) < 4.78 is 0.699. The first-order valence-corrected chi connectivity index (χ1v) is 6.59. The molecule has 1 aromatic heterocycles. The van der Waals surface area contributed by atoms with Gasteiger partial charge < -0.3 is 15.3 Å². The van der Waals surface area contributed by atoms with Crippen LogP contribution >= 0.6 is 22.9 Å². The number of hydrogen-bond acceptors (Lipinski definition) is 4. The molecule has 1 amide bonds. The number of nitrogens with one attached hydrogen (secondary N) is 1. The van der Waals surface area contributed by atoms with Gasteiger partial charge in [-0.05, 0) is 12.1 Å². The number of hydrogen-bond donors (Lipinski definition) is 2. The van der Waals surface area contributed by atoms with Crippen molar-refractivity contribution in [2.45, 2.75) is 13.0 Å². The summed E-state index contributed by atoms with van der Waals surface area (Å²) in [5, 5.41) is 11.2. The Hall–Kier alpha value is -1.11. The second kappa shape index (κ2) is 7.35. The van der Waals surface area contributed by atoms with E-state index in [0.717, 1.165) is 4.88 Å². The van der Waals surface area contributed by atoms with Gasteiger partial charge in [-0.1, -0.05) is 11.6 Å². The maximum atomic E-state index is 11.7. The van der Waals surface area contributed by atoms with E-state index in [1.54, 1.807) is 18.0 Å². The first-order valence-electron chi connectivity index (χ1n) is 5.39. The minimum atomic E-state index is -0.878. The standard InChI is InChI=1S/C11H15ClN2O3S/c1-14(7-8-2-3-9(12)18-8)10(15)6-13-5-4-11(16)17/h2-3,13H,4-7H2,1H3,(H,16,17). The number of carbonyl (C=O) groups excluding carboxylic acids is 1. The molecule has 1 heterocycles. The summed E-state index contributed by atoms with van der Waals surface area (Å²) in [6, 6.07) is 3.68. The predicted octanol–water partition coefficient (Wildman–Crippen LogP) is 1.42. The van der Waals surface area contributed by atoms with E-state index in [1.807, 2.05) is 6.07 Å². The summed E-state index contributed by atoms with van der Waals surface area (Å²) in [4.78, 5) is 24.6. The Kier molecular flexibility index (Phi) is 6.11. The van der Waals surface area contributed by atoms with E-state index in [4.69, 9.17) is 16.7 Å². The molecular weight excluding hydrogens is 276 g/mol. The van der Waals surface area contributed by atoms with Gasteiger partial charge in [-0.3, -0.25) is 9.59 Å². The van der Waals surface area contributed by atoms with Crippen LogP contribution in [0.4, 0.5) is 0 Å². The Morgan fingerprint density at radius 3 is 2.78 bits per heavy atom. The minimum Gasteiger partial charge on any atom is -0.481 e. The van der Waals surface area contributed by atoms with Gasteiger partial charge in [-0.2, -0.15) is 0 Å². The Balaban J connectivity index is 2.26. The third-order valence-corrected chi connectivity index (χ3v) is 3.46. The van der Waals surface area contributed by atoms with Crippen LogP contribution < -0.4 is 5.32 Å². The molecule has 5 nitrogen and oxygen atoms in total. The van der Waals surface area contributed by atoms with E-state index in [-0.39, 0.29) is 18.9 Å². The normalized spacial score (nSPS) is 10.3. The van der Waals surface area contributed by atoms with Crippen molar-refractivity contribution < 1.29 is 14.7 Å². The smallest absolute Gasteiger partial charge is 0.304 e. The molecule has 1 rings (SSSR count). The molecule has 0 bridgehead atoms. The van der Waals surface area contributed by atoms with Gasteiger partial charge in [-0.25, -0.2) is 0 Å². The third kappa shape index (κ3) is 5.48. The molecule has 100 valence electrons. The molecule has 7 heteroatoms. The number of carboxylic acid groups (broad SMARTS) is 1. The molecule has 2 N–H and O–H groups in total. The van der Waals surface area contributed by atoms with Gasteiger partial charge in [0.2, 0.25) is 5.91 Å². The Bertz CT molecular complexity index is 422. The average Bonchev–Trinajstić information content (AvgIpc) is 2.69. The molecule has 18 heavy (non-hydrogen) atoms. The minimum absolute atomic E-state index is 0.0114. The number of aliphatic carboxylic acids is 1. The lowest BCUT2D eigenvalue weighted by Gasteiger charge is -2.16. The first-order chi connectivity index (χ1) is 8.49. The summed E-state index contributed by atoms with van der Waals surface area (Å²) in [6.45, 7) is 0.944. The van der Waals surface area contributed by atoms with E-state index in [0.29, 0.717) is 17.4 Å². The van der Waals surface area contributed by atoms with Gasteiger partial charge in [0.1, 0.15) is 0 Å². The van der Waals surface area contributed by atoms with Crippen LogP contribution in [0.1, 0.15) is 11.3 Å². The van der Waals surface area contributed by atoms with E-state index in [9.17, 15) is 9.59 Å². The lowest BCUT2D eigenvalue weighted by Crippen LogP contribution is -2.35. The Morgan fingerprint density at radius 2 is 2.22 bits per heavy atom. The summed E-state index contributed by atoms with van der Waals surface area (Å²) in [7, 11) is 1.70. The quantitative estimate of drug-likeness (QED) is 0.745. The average molecular weight is 291 g/mol. The fourth-order valence-corrected chi connectivity index (χ4v) is 2.43. The lowest BCUT2D eigenvalue weighted by molar-refractivity contribution is -0.137. The van der Waals surface area contributed by atoms with Crippen molar-refractivity contribution in [3.63, 3.8) is 0 Å². The van der Waals surface area contributed by atoms with Crippen molar-refractivity contribution in [3.05, 3.63) is 21.3 Å². The van der Waals surface area contributed by atoms with Crippen LogP contribution in [0, 0.1) is 0 Å². The van der Waals surface area contributed by atoms with Crippen LogP contribution in [-0.2, 0) is 16.1 Å². The molecular formula is C11H15ClN2O3S. The molecule has 0 fully saturated rings. The van der Waals surface area contributed by atoms with Crippen molar-refractivity contribution in [1.82, 2.24) is 10.2 Å². The third-order valence-electron chi connectivity index (χ3n) is 2.24. The van der Waals surface area contributed by atoms with Gasteiger partial charge in [0, 0.05) is 18.5 Å². The fraction of sp³-hybridized carbons (Fsp3) is 0.455. The molecule has 0 aliphatic carbocycles. The summed E-state index contributed by atoms with van der Waals surface area (Å²) >= 11 is 7.24. The topological polar surface area (TPSA) is 69.6 Å². The second-order valence-electron chi connectivity index (χ2n) is 3.78. The maximum Gasteiger partial charge on any atom is 0.304 e. The zero-order chi connectivity index (χ0) is 13.5. The molecule has 0 aromatic carbocycles. The van der Waals surface area contributed by atoms with Crippen LogP contribution in [0.15, 0.2) is 12.1 Å². The van der Waals surface area contributed by atoms with Gasteiger partial charge in [0.15, 0.2) is 0 Å². The number of thiophene rings is 1. The largest absolute Gasteiger partial charge is 0.481 e. The Morgan fingerprint density at radius 1 is 1.50 bits per heavy atom. The monoisotopic (exact) mass is 290 g/mol. The second-order valence-corrected chi connectivity index (χ2v) is 5.58. The molecule has 0 saturated carbocycles. The number of amides is 1. The fourth-order valence-electron chi connectivity index (χ4n) is 1.28. The summed E-state index contributed by atoms with van der Waals surface area (Å²) in [5.74, 6) is -0.957. The van der Waals surface area contributed by atoms with E-state index in [1.165, 1.54) is 11.3 Å². The SMILES string of the molecule is CN(Cc1ccc(Cl)s1)C(=O)CNCCC(=O)O. The molecule has 0 unspecified atom stereocenters. The summed E-state index contributed by atoms with van der Waals surface area (Å²) in [6.07, 6.45) is 0.0114. The highest BCUT2D eigenvalue weighted by Crippen LogP contribution is 2.22. The van der Waals surface area contributed by atoms with Crippen molar-refractivity contribution in [3.8, 4) is 0 Å². The number of rotatable bonds is 7. The molecule has 0 saturated heterocycles. The molecule has 0 spiro atoms. The highest BCUT2D eigenvalue weighted by atomic mass is 35.5. The summed E-state index contributed by atoms with van der Waals surface area (Å²) in [5.41, 5.74) is 0. The van der Waals surface area contributed by atoms with Crippen LogP contribution in [0.5, 0.6) is 0 Å². The molecule has 1 aromatic rings. The van der Waals surface area contributed by atoms with Crippen molar-refractivity contribution >= 4 is 34.8 Å². The number of halogens is 1. The number of carbonyl (C=O) groups is 2. The lowest BCUT2D eigenvalue weighted by atomic mass is 10.4. The van der Waals surface area contributed by atoms with Crippen LogP contribution in [0.2, 0.25) is 4.34 Å². The van der Waals surface area contributed by atoms with Gasteiger partial charge in [0.05, 0.1) is 23.8 Å². The van der Waals surface area contributed by atoms with Crippen LogP contribution in [0.25, 0.3) is 0 Å². The van der Waals surface area contributed by atoms with Crippen LogP contribution in [0.3, 0.4) is 0 Å². The van der Waals surface area contributed by atoms with Gasteiger partial charge >= 0.3 is 5.97 Å². The van der Waals surface area contributed by atoms with Crippen molar-refractivity contribution in [2.24, 2.45) is 0 Å². The van der Waals surface area contributed by atoms with Crippen LogP contribution in [-0.4, -0.2) is 42.0 Å². The van der Waals surface area contributed by atoms with Crippen molar-refractivity contribution in [2.75, 3.05) is 20.1 Å². The predicted molar refractivity (Wildman–Crippen MR) is 70.9 cm³/mol. The molecule has 0 aliphatic rings. The van der Waals surface area contributed by atoms with E-state index >= 15 is 0 Å². The van der Waals surface area contributed by atoms with E-state index in [2.05, 4.69) is 5.32 Å². The molecule has 0 aliphatic heterocycles. The van der Waals surface area contributed by atoms with Crippen molar-refractivity contribution in [1.29, 1.82) is 0 Å². The Labute approximate surface area is 114 Å². The molecule has 0 atom stereocenters. The van der Waals surface area contributed by atoms with Gasteiger partial charge in [-0.15, -0.1) is 11.3 Å². The first kappa shape index (κ1) is 14.9. The number of likely N-dealkylation sites (N-methyl/N-ethyl adjacent to an activating group) is 1. The highest BCUT2D eigenvalue weighted by Gasteiger charge is 2.10. The maximum absolute atomic E-state index is 11.7. The number of carboxylic acids is 1. The van der Waals surface area contributed by atoms with E-state index < -0.39 is 5.97 Å². The van der Waals surface area contributed by atoms with Gasteiger partial charge in [0.25, 0.3) is 0 Å². The highest BCUT2D eigenvalue weighted by molar-refractivity contribution is 7.16. The molecule has 0 radical (unpaired) electrons. The zero-order valence-electron chi connectivity index (χ0n) is 9.98.